The molecule has 0 fully saturated rings. The van der Waals surface area contributed by atoms with E-state index < -0.39 is 18.4 Å². The second-order valence-corrected chi connectivity index (χ2v) is 1.63. The van der Waals surface area contributed by atoms with E-state index in [2.05, 4.69) is 0 Å². The van der Waals surface area contributed by atoms with E-state index in [-0.39, 0.29) is 6.42 Å². The SMILES string of the molecule is N[C@@H](CO)C(=O)CC=O. The van der Waals surface area contributed by atoms with Gasteiger partial charge in [-0.3, -0.25) is 4.79 Å². The molecule has 0 amide bonds. The van der Waals surface area contributed by atoms with Crippen LogP contribution < -0.4 is 5.73 Å². The number of aliphatic hydroxyl groups excluding tert-OH is 1. The number of carbonyl (C=O) groups excluding carboxylic acids is 2. The average Bonchev–Trinajstić information content (AvgIpc) is 1.87. The minimum absolute atomic E-state index is 0.207. The molecule has 0 bridgehead atoms. The van der Waals surface area contributed by atoms with Gasteiger partial charge in [-0.1, -0.05) is 0 Å². The van der Waals surface area contributed by atoms with Gasteiger partial charge in [-0.25, -0.2) is 0 Å². The van der Waals surface area contributed by atoms with Gasteiger partial charge in [0.25, 0.3) is 0 Å². The summed E-state index contributed by atoms with van der Waals surface area (Å²) >= 11 is 0. The van der Waals surface area contributed by atoms with E-state index in [0.717, 1.165) is 0 Å². The molecule has 0 aliphatic heterocycles. The number of carbonyl (C=O) groups is 2. The molecule has 0 aliphatic carbocycles. The van der Waals surface area contributed by atoms with E-state index in [1.54, 1.807) is 0 Å². The highest BCUT2D eigenvalue weighted by Crippen LogP contribution is 1.83. The summed E-state index contributed by atoms with van der Waals surface area (Å²) in [6.45, 7) is -0.396. The molecule has 0 saturated carbocycles. The van der Waals surface area contributed by atoms with Crippen LogP contribution in [0.1, 0.15) is 6.42 Å². The lowest BCUT2D eigenvalue weighted by molar-refractivity contribution is -0.123. The number of hydrogen-bond donors (Lipinski definition) is 2. The Morgan fingerprint density at radius 1 is 1.78 bits per heavy atom. The van der Waals surface area contributed by atoms with Crippen molar-refractivity contribution in [1.29, 1.82) is 0 Å². The van der Waals surface area contributed by atoms with Gasteiger partial charge in [0.1, 0.15) is 6.29 Å². The molecular weight excluding hydrogens is 122 g/mol. The predicted octanol–water partition coefficient (Wildman–Crippen LogP) is -1.54. The van der Waals surface area contributed by atoms with Crippen LogP contribution in [0.2, 0.25) is 0 Å². The molecular formula is C5H9NO3. The van der Waals surface area contributed by atoms with E-state index >= 15 is 0 Å². The van der Waals surface area contributed by atoms with Crippen LogP contribution >= 0.6 is 0 Å². The lowest BCUT2D eigenvalue weighted by Gasteiger charge is -2.01. The molecule has 9 heavy (non-hydrogen) atoms. The monoisotopic (exact) mass is 131 g/mol. The third-order valence-corrected chi connectivity index (χ3v) is 0.895. The molecule has 0 aromatic carbocycles. The highest BCUT2D eigenvalue weighted by molar-refractivity contribution is 5.93. The zero-order valence-electron chi connectivity index (χ0n) is 4.91. The van der Waals surface area contributed by atoms with Gasteiger partial charge in [-0.15, -0.1) is 0 Å². The predicted molar refractivity (Wildman–Crippen MR) is 30.7 cm³/mol. The number of hydrogen-bond acceptors (Lipinski definition) is 4. The molecule has 0 aliphatic rings. The van der Waals surface area contributed by atoms with E-state index in [1.165, 1.54) is 0 Å². The van der Waals surface area contributed by atoms with Crippen LogP contribution in [0.5, 0.6) is 0 Å². The maximum absolute atomic E-state index is 10.5. The number of nitrogens with two attached hydrogens (primary N) is 1. The molecule has 0 rings (SSSR count). The molecule has 1 atom stereocenters. The maximum Gasteiger partial charge on any atom is 0.158 e. The molecule has 0 spiro atoms. The second kappa shape index (κ2) is 4.17. The first-order valence-corrected chi connectivity index (χ1v) is 2.55. The molecule has 0 heterocycles. The molecule has 3 N–H and O–H groups in total. The van der Waals surface area contributed by atoms with E-state index in [9.17, 15) is 9.59 Å². The van der Waals surface area contributed by atoms with Gasteiger partial charge in [0, 0.05) is 0 Å². The van der Waals surface area contributed by atoms with Crippen molar-refractivity contribution in [2.45, 2.75) is 12.5 Å². The minimum Gasteiger partial charge on any atom is -0.394 e. The Morgan fingerprint density at radius 3 is 2.67 bits per heavy atom. The summed E-state index contributed by atoms with van der Waals surface area (Å²) in [4.78, 5) is 20.1. The highest BCUT2D eigenvalue weighted by Gasteiger charge is 2.09. The molecule has 52 valence electrons. The summed E-state index contributed by atoms with van der Waals surface area (Å²) < 4.78 is 0. The summed E-state index contributed by atoms with van der Waals surface area (Å²) in [7, 11) is 0. The molecule has 0 unspecified atom stereocenters. The summed E-state index contributed by atoms with van der Waals surface area (Å²) in [6, 6.07) is -0.893. The Morgan fingerprint density at radius 2 is 2.33 bits per heavy atom. The van der Waals surface area contributed by atoms with Gasteiger partial charge in [0.15, 0.2) is 5.78 Å². The van der Waals surface area contributed by atoms with Gasteiger partial charge in [0.05, 0.1) is 19.1 Å². The first-order valence-electron chi connectivity index (χ1n) is 2.55. The van der Waals surface area contributed by atoms with Gasteiger partial charge in [-0.2, -0.15) is 0 Å². The first-order chi connectivity index (χ1) is 4.22. The fourth-order valence-corrected chi connectivity index (χ4v) is 0.335. The summed E-state index contributed by atoms with van der Waals surface area (Å²) in [5, 5.41) is 8.27. The molecule has 0 aromatic heterocycles. The zero-order chi connectivity index (χ0) is 7.28. The van der Waals surface area contributed by atoms with Gasteiger partial charge in [-0.05, 0) is 0 Å². The topological polar surface area (TPSA) is 80.4 Å². The van der Waals surface area contributed by atoms with Crippen LogP contribution in [0.25, 0.3) is 0 Å². The van der Waals surface area contributed by atoms with Crippen molar-refractivity contribution in [2.75, 3.05) is 6.61 Å². The van der Waals surface area contributed by atoms with E-state index in [4.69, 9.17) is 10.8 Å². The fourth-order valence-electron chi connectivity index (χ4n) is 0.335. The molecule has 0 aromatic rings. The van der Waals surface area contributed by atoms with Gasteiger partial charge in [0.2, 0.25) is 0 Å². The molecule has 4 nitrogen and oxygen atoms in total. The number of Topliss-reactive ketones (excluding diaryl/α,β-unsaturated/α-hetero) is 1. The molecule has 0 radical (unpaired) electrons. The van der Waals surface area contributed by atoms with Crippen LogP contribution in [0, 0.1) is 0 Å². The van der Waals surface area contributed by atoms with Crippen LogP contribution in [0.4, 0.5) is 0 Å². The molecule has 0 saturated heterocycles. The largest absolute Gasteiger partial charge is 0.394 e. The summed E-state index contributed by atoms with van der Waals surface area (Å²) in [5.74, 6) is -0.424. The quantitative estimate of drug-likeness (QED) is 0.358. The van der Waals surface area contributed by atoms with Crippen molar-refractivity contribution < 1.29 is 14.7 Å². The van der Waals surface area contributed by atoms with Crippen molar-refractivity contribution in [3.63, 3.8) is 0 Å². The molecule has 4 heteroatoms. The smallest absolute Gasteiger partial charge is 0.158 e. The van der Waals surface area contributed by atoms with Crippen LogP contribution in [-0.2, 0) is 9.59 Å². The van der Waals surface area contributed by atoms with Crippen molar-refractivity contribution in [3.8, 4) is 0 Å². The number of rotatable bonds is 4. The Hall–Kier alpha value is -0.740. The lowest BCUT2D eigenvalue weighted by atomic mass is 10.2. The standard InChI is InChI=1S/C5H9NO3/c6-4(3-8)5(9)1-2-7/h2,4,8H,1,3,6H2/t4-/m0/s1. The number of aldehydes is 1. The first kappa shape index (κ1) is 8.26. The lowest BCUT2D eigenvalue weighted by Crippen LogP contribution is -2.33. The Balaban J connectivity index is 3.58. The fraction of sp³-hybridized carbons (Fsp3) is 0.600. The van der Waals surface area contributed by atoms with Crippen LogP contribution in [0.15, 0.2) is 0 Å². The average molecular weight is 131 g/mol. The maximum atomic E-state index is 10.5. The van der Waals surface area contributed by atoms with Crippen molar-refractivity contribution in [3.05, 3.63) is 0 Å². The van der Waals surface area contributed by atoms with Crippen LogP contribution in [0.3, 0.4) is 0 Å². The normalized spacial score (nSPS) is 12.7. The third kappa shape index (κ3) is 2.94. The van der Waals surface area contributed by atoms with Crippen LogP contribution in [-0.4, -0.2) is 29.8 Å². The second-order valence-electron chi connectivity index (χ2n) is 1.63. The number of aliphatic hydroxyl groups is 1. The van der Waals surface area contributed by atoms with Crippen molar-refractivity contribution in [1.82, 2.24) is 0 Å². The summed E-state index contributed by atoms with van der Waals surface area (Å²) in [5.41, 5.74) is 5.04. The van der Waals surface area contributed by atoms with E-state index in [1.807, 2.05) is 0 Å². The minimum atomic E-state index is -0.893. The third-order valence-electron chi connectivity index (χ3n) is 0.895. The zero-order valence-corrected chi connectivity index (χ0v) is 4.91. The Kier molecular flexibility index (Phi) is 3.83. The van der Waals surface area contributed by atoms with Crippen molar-refractivity contribution >= 4 is 12.1 Å². The Bertz CT molecular complexity index is 113. The van der Waals surface area contributed by atoms with Gasteiger partial charge >= 0.3 is 0 Å². The highest BCUT2D eigenvalue weighted by atomic mass is 16.3. The summed E-state index contributed by atoms with van der Waals surface area (Å²) in [6.07, 6.45) is 0.263. The Labute approximate surface area is 52.7 Å². The number of ketones is 1. The van der Waals surface area contributed by atoms with Crippen molar-refractivity contribution in [2.24, 2.45) is 5.73 Å². The van der Waals surface area contributed by atoms with E-state index in [0.29, 0.717) is 6.29 Å². The van der Waals surface area contributed by atoms with Gasteiger partial charge < -0.3 is 15.6 Å².